The molecule has 0 aliphatic carbocycles. The first kappa shape index (κ1) is 16.9. The minimum atomic E-state index is -0.562. The second kappa shape index (κ2) is 5.97. The Bertz CT molecular complexity index is 544. The van der Waals surface area contributed by atoms with Gasteiger partial charge in [0.15, 0.2) is 0 Å². The Morgan fingerprint density at radius 3 is 2.41 bits per heavy atom. The molecule has 2 rings (SSSR count). The van der Waals surface area contributed by atoms with Crippen LogP contribution in [0, 0.1) is 0 Å². The Morgan fingerprint density at radius 1 is 1.27 bits per heavy atom. The quantitative estimate of drug-likeness (QED) is 0.616. The second-order valence-corrected chi connectivity index (χ2v) is 6.70. The Hall–Kier alpha value is -1.47. The van der Waals surface area contributed by atoms with Crippen LogP contribution < -0.4 is 5.59 Å². The van der Waals surface area contributed by atoms with Crippen LogP contribution in [0.2, 0.25) is 0 Å². The van der Waals surface area contributed by atoms with Crippen LogP contribution in [-0.4, -0.2) is 40.4 Å². The normalized spacial score (nSPS) is 19.5. The summed E-state index contributed by atoms with van der Waals surface area (Å²) in [5, 5.41) is 0. The first-order valence-electron chi connectivity index (χ1n) is 7.48. The molecule has 2 heterocycles. The summed E-state index contributed by atoms with van der Waals surface area (Å²) < 4.78 is 17.0. The van der Waals surface area contributed by atoms with Crippen molar-refractivity contribution in [3.8, 4) is 0 Å². The van der Waals surface area contributed by atoms with Gasteiger partial charge in [-0.3, -0.25) is 4.79 Å². The van der Waals surface area contributed by atoms with Crippen LogP contribution >= 0.6 is 0 Å². The fourth-order valence-corrected chi connectivity index (χ4v) is 2.03. The van der Waals surface area contributed by atoms with Crippen LogP contribution in [0.4, 0.5) is 0 Å². The maximum Gasteiger partial charge on any atom is 0.514 e. The number of nitrogens with zero attached hydrogens (tertiary/aromatic N) is 2. The van der Waals surface area contributed by atoms with E-state index in [0.717, 1.165) is 0 Å². The first-order valence-corrected chi connectivity index (χ1v) is 7.48. The number of hydrogen-bond donors (Lipinski definition) is 0. The van der Waals surface area contributed by atoms with Gasteiger partial charge in [-0.2, -0.15) is 0 Å². The average molecular weight is 306 g/mol. The minimum Gasteiger partial charge on any atom is -0.463 e. The summed E-state index contributed by atoms with van der Waals surface area (Å²) in [5.74, 6) is 0.0546. The van der Waals surface area contributed by atoms with E-state index in [1.807, 2.05) is 27.7 Å². The number of rotatable bonds is 4. The van der Waals surface area contributed by atoms with Gasteiger partial charge in [-0.1, -0.05) is 0 Å². The van der Waals surface area contributed by atoms with E-state index in [9.17, 15) is 4.79 Å². The van der Waals surface area contributed by atoms with Crippen molar-refractivity contribution in [2.45, 2.75) is 65.3 Å². The predicted molar refractivity (Wildman–Crippen MR) is 82.7 cm³/mol. The van der Waals surface area contributed by atoms with Crippen molar-refractivity contribution in [2.24, 2.45) is 0 Å². The maximum atomic E-state index is 11.7. The van der Waals surface area contributed by atoms with Gasteiger partial charge in [-0.15, -0.1) is 0 Å². The van der Waals surface area contributed by atoms with Gasteiger partial charge < -0.3 is 14.0 Å². The third-order valence-corrected chi connectivity index (χ3v) is 3.89. The number of aromatic nitrogens is 2. The molecule has 0 saturated carbocycles. The molecule has 0 radical (unpaired) electrons. The zero-order chi connectivity index (χ0) is 16.5. The van der Waals surface area contributed by atoms with Gasteiger partial charge in [0.05, 0.1) is 22.9 Å². The number of hydrogen-bond acceptors (Lipinski definition) is 6. The van der Waals surface area contributed by atoms with Crippen molar-refractivity contribution >= 4 is 18.7 Å². The molecule has 0 spiro atoms. The highest BCUT2D eigenvalue weighted by molar-refractivity contribution is 6.61. The summed E-state index contributed by atoms with van der Waals surface area (Å²) in [6.45, 7) is 11.5. The number of carbonyl (C=O) groups excluding carboxylic acids is 1. The lowest BCUT2D eigenvalue weighted by Gasteiger charge is -2.32. The van der Waals surface area contributed by atoms with Crippen LogP contribution in [0.3, 0.4) is 0 Å². The molecule has 1 aromatic heterocycles. The summed E-state index contributed by atoms with van der Waals surface area (Å²) in [7, 11) is -0.562. The molecule has 120 valence electrons. The molecule has 0 unspecified atom stereocenters. The Labute approximate surface area is 131 Å². The van der Waals surface area contributed by atoms with Gasteiger partial charge in [-0.25, -0.2) is 9.97 Å². The van der Waals surface area contributed by atoms with E-state index < -0.39 is 18.3 Å². The third-order valence-electron chi connectivity index (χ3n) is 3.89. The van der Waals surface area contributed by atoms with Crippen LogP contribution in [0.25, 0.3) is 0 Å². The molecule has 1 aromatic rings. The highest BCUT2D eigenvalue weighted by atomic mass is 16.7. The maximum absolute atomic E-state index is 11.7. The van der Waals surface area contributed by atoms with Crippen molar-refractivity contribution in [2.75, 3.05) is 0 Å². The van der Waals surface area contributed by atoms with Crippen molar-refractivity contribution in [1.82, 2.24) is 9.97 Å². The minimum absolute atomic E-state index is 0.0333. The van der Waals surface area contributed by atoms with E-state index >= 15 is 0 Å². The van der Waals surface area contributed by atoms with E-state index in [1.165, 1.54) is 0 Å². The van der Waals surface area contributed by atoms with Gasteiger partial charge in [0.25, 0.3) is 0 Å². The topological polar surface area (TPSA) is 70.5 Å². The molecule has 0 N–H and O–H groups in total. The van der Waals surface area contributed by atoms with Gasteiger partial charge in [-0.05, 0) is 47.6 Å². The lowest BCUT2D eigenvalue weighted by atomic mass is 9.84. The highest BCUT2D eigenvalue weighted by Gasteiger charge is 2.52. The summed E-state index contributed by atoms with van der Waals surface area (Å²) in [6.07, 6.45) is 1.48. The Balaban J connectivity index is 2.11. The van der Waals surface area contributed by atoms with Crippen LogP contribution in [0.1, 0.15) is 47.4 Å². The van der Waals surface area contributed by atoms with Crippen molar-refractivity contribution in [3.63, 3.8) is 0 Å². The monoisotopic (exact) mass is 306 g/mol. The van der Waals surface area contributed by atoms with Gasteiger partial charge in [0, 0.05) is 6.20 Å². The molecule has 22 heavy (non-hydrogen) atoms. The number of carbonyl (C=O) groups is 1. The van der Waals surface area contributed by atoms with E-state index in [2.05, 4.69) is 9.97 Å². The zero-order valence-corrected chi connectivity index (χ0v) is 14.0. The van der Waals surface area contributed by atoms with E-state index in [0.29, 0.717) is 11.4 Å². The molecule has 1 fully saturated rings. The summed E-state index contributed by atoms with van der Waals surface area (Å²) >= 11 is 0. The lowest BCUT2D eigenvalue weighted by Crippen LogP contribution is -2.41. The fraction of sp³-hybridized carbons (Fsp3) is 0.667. The zero-order valence-electron chi connectivity index (χ0n) is 14.0. The fourth-order valence-electron chi connectivity index (χ4n) is 2.03. The molecule has 6 nitrogen and oxygen atoms in total. The van der Waals surface area contributed by atoms with Crippen molar-refractivity contribution < 1.29 is 18.8 Å². The second-order valence-electron chi connectivity index (χ2n) is 6.70. The molecule has 1 aliphatic rings. The summed E-state index contributed by atoms with van der Waals surface area (Å²) in [5.41, 5.74) is -0.250. The van der Waals surface area contributed by atoms with Gasteiger partial charge >= 0.3 is 13.1 Å². The summed E-state index contributed by atoms with van der Waals surface area (Å²) in [4.78, 5) is 20.2. The third kappa shape index (κ3) is 3.65. The standard InChI is InChI=1S/C15H23BN2O4/c1-10(2)20-13(19)9-12-17-8-7-11(18-12)16-21-14(3,4)15(5,6)22-16/h7-8,10H,9H2,1-6H3. The molecule has 0 bridgehead atoms. The highest BCUT2D eigenvalue weighted by Crippen LogP contribution is 2.36. The van der Waals surface area contributed by atoms with Crippen molar-refractivity contribution in [1.29, 1.82) is 0 Å². The van der Waals surface area contributed by atoms with Crippen molar-refractivity contribution in [3.05, 3.63) is 18.1 Å². The molecule has 0 atom stereocenters. The predicted octanol–water partition coefficient (Wildman–Crippen LogP) is 1.27. The number of esters is 1. The van der Waals surface area contributed by atoms with Gasteiger partial charge in [0.2, 0.25) is 0 Å². The van der Waals surface area contributed by atoms with Crippen LogP contribution in [-0.2, 0) is 25.3 Å². The average Bonchev–Trinajstić information content (AvgIpc) is 2.57. The van der Waals surface area contributed by atoms with Crippen LogP contribution in [0.15, 0.2) is 12.3 Å². The van der Waals surface area contributed by atoms with E-state index in [4.69, 9.17) is 14.0 Å². The van der Waals surface area contributed by atoms with E-state index in [-0.39, 0.29) is 18.5 Å². The molecule has 1 saturated heterocycles. The molecule has 7 heteroatoms. The van der Waals surface area contributed by atoms with Crippen LogP contribution in [0.5, 0.6) is 0 Å². The lowest BCUT2D eigenvalue weighted by molar-refractivity contribution is -0.146. The van der Waals surface area contributed by atoms with E-state index in [1.54, 1.807) is 26.1 Å². The Kier molecular flexibility index (Phi) is 4.58. The SMILES string of the molecule is CC(C)OC(=O)Cc1nccc(B2OC(C)(C)C(C)(C)O2)n1. The molecular formula is C15H23BN2O4. The van der Waals surface area contributed by atoms with Gasteiger partial charge in [0.1, 0.15) is 12.2 Å². The molecule has 1 aliphatic heterocycles. The smallest absolute Gasteiger partial charge is 0.463 e. The molecular weight excluding hydrogens is 283 g/mol. The Morgan fingerprint density at radius 2 is 1.86 bits per heavy atom. The number of ether oxygens (including phenoxy) is 1. The largest absolute Gasteiger partial charge is 0.514 e. The first-order chi connectivity index (χ1) is 10.1. The summed E-state index contributed by atoms with van der Waals surface area (Å²) in [6, 6.07) is 1.74. The molecule has 0 amide bonds. The molecule has 0 aromatic carbocycles.